The fourth-order valence-electron chi connectivity index (χ4n) is 2.84. The van der Waals surface area contributed by atoms with Gasteiger partial charge in [-0.15, -0.1) is 0 Å². The Kier molecular flexibility index (Phi) is 6.56. The van der Waals surface area contributed by atoms with Crippen LogP contribution in [0.2, 0.25) is 0 Å². The van der Waals surface area contributed by atoms with E-state index < -0.39 is 0 Å². The summed E-state index contributed by atoms with van der Waals surface area (Å²) < 4.78 is 16.9. The molecule has 3 aromatic rings. The fraction of sp³-hybridized carbons (Fsp3) is 0.333. The largest absolute Gasteiger partial charge is 0.497 e. The zero-order valence-electron chi connectivity index (χ0n) is 17.3. The van der Waals surface area contributed by atoms with E-state index in [1.165, 1.54) is 11.3 Å². The van der Waals surface area contributed by atoms with Crippen LogP contribution in [0.3, 0.4) is 0 Å². The number of amides is 1. The van der Waals surface area contributed by atoms with Crippen LogP contribution in [0.25, 0.3) is 10.2 Å². The Morgan fingerprint density at radius 1 is 0.966 bits per heavy atom. The maximum atomic E-state index is 13.4. The van der Waals surface area contributed by atoms with Crippen LogP contribution in [-0.2, 0) is 0 Å². The molecule has 0 atom stereocenters. The number of hydrogen-bond donors (Lipinski definition) is 0. The molecule has 8 heteroatoms. The number of carbonyl (C=O) groups is 1. The number of anilines is 1. The van der Waals surface area contributed by atoms with Gasteiger partial charge in [0.1, 0.15) is 5.75 Å². The first-order chi connectivity index (χ1) is 14.0. The van der Waals surface area contributed by atoms with Gasteiger partial charge in [-0.1, -0.05) is 11.3 Å². The average molecular weight is 416 g/mol. The molecule has 0 unspecified atom stereocenters. The molecule has 29 heavy (non-hydrogen) atoms. The Morgan fingerprint density at radius 3 is 2.38 bits per heavy atom. The van der Waals surface area contributed by atoms with Crippen molar-refractivity contribution >= 4 is 32.6 Å². The number of nitrogens with zero attached hydrogens (tertiary/aromatic N) is 3. The number of aromatic nitrogens is 1. The molecule has 0 aliphatic heterocycles. The number of likely N-dealkylation sites (N-methyl/N-ethyl adjacent to an activating group) is 1. The molecule has 2 aromatic carbocycles. The quantitative estimate of drug-likeness (QED) is 0.561. The molecule has 3 rings (SSSR count). The van der Waals surface area contributed by atoms with E-state index in [-0.39, 0.29) is 5.91 Å². The predicted octanol–water partition coefficient (Wildman–Crippen LogP) is 3.53. The van der Waals surface area contributed by atoms with Gasteiger partial charge in [0, 0.05) is 18.7 Å². The number of carbonyl (C=O) groups excluding carboxylic acids is 1. The smallest absolute Gasteiger partial charge is 0.260 e. The highest BCUT2D eigenvalue weighted by Crippen LogP contribution is 2.33. The minimum Gasteiger partial charge on any atom is -0.497 e. The van der Waals surface area contributed by atoms with E-state index in [0.717, 1.165) is 16.0 Å². The summed E-state index contributed by atoms with van der Waals surface area (Å²) in [6.07, 6.45) is 0. The molecule has 0 aliphatic carbocycles. The Hall–Kier alpha value is -2.84. The molecule has 7 nitrogen and oxygen atoms in total. The molecule has 1 amide bonds. The van der Waals surface area contributed by atoms with Crippen molar-refractivity contribution in [3.8, 4) is 17.2 Å². The van der Waals surface area contributed by atoms with Gasteiger partial charge < -0.3 is 19.1 Å². The van der Waals surface area contributed by atoms with E-state index in [2.05, 4.69) is 4.98 Å². The predicted molar refractivity (Wildman–Crippen MR) is 116 cm³/mol. The topological polar surface area (TPSA) is 64.1 Å². The lowest BCUT2D eigenvalue weighted by molar-refractivity contribution is 0.0985. The van der Waals surface area contributed by atoms with Crippen LogP contribution in [0, 0.1) is 0 Å². The van der Waals surface area contributed by atoms with E-state index in [0.29, 0.717) is 35.3 Å². The summed E-state index contributed by atoms with van der Waals surface area (Å²) in [7, 11) is 8.70. The Morgan fingerprint density at radius 2 is 1.72 bits per heavy atom. The molecule has 1 heterocycles. The third-order valence-electron chi connectivity index (χ3n) is 4.46. The van der Waals surface area contributed by atoms with Gasteiger partial charge in [0.25, 0.3) is 5.91 Å². The highest BCUT2D eigenvalue weighted by Gasteiger charge is 2.23. The molecule has 0 aliphatic rings. The molecular weight excluding hydrogens is 390 g/mol. The number of thiazole rings is 1. The van der Waals surface area contributed by atoms with E-state index >= 15 is 0 Å². The number of methoxy groups -OCH3 is 3. The average Bonchev–Trinajstić information content (AvgIpc) is 3.15. The SMILES string of the molecule is COc1ccc2nc(N(CCN(C)C)C(=O)c3ccc(OC)c(OC)c3)sc2c1. The van der Waals surface area contributed by atoms with Crippen LogP contribution in [0.1, 0.15) is 10.4 Å². The van der Waals surface area contributed by atoms with Gasteiger partial charge in [0.05, 0.1) is 31.5 Å². The lowest BCUT2D eigenvalue weighted by Gasteiger charge is -2.22. The van der Waals surface area contributed by atoms with Gasteiger partial charge in [0.2, 0.25) is 0 Å². The second-order valence-corrected chi connectivity index (χ2v) is 7.67. The lowest BCUT2D eigenvalue weighted by atomic mass is 10.1. The highest BCUT2D eigenvalue weighted by molar-refractivity contribution is 7.22. The van der Waals surface area contributed by atoms with E-state index in [4.69, 9.17) is 14.2 Å². The van der Waals surface area contributed by atoms with Gasteiger partial charge in [0.15, 0.2) is 16.6 Å². The maximum absolute atomic E-state index is 13.4. The maximum Gasteiger partial charge on any atom is 0.260 e. The highest BCUT2D eigenvalue weighted by atomic mass is 32.1. The summed E-state index contributed by atoms with van der Waals surface area (Å²) in [5, 5.41) is 0.648. The third-order valence-corrected chi connectivity index (χ3v) is 5.50. The van der Waals surface area contributed by atoms with E-state index in [1.807, 2.05) is 37.2 Å². The van der Waals surface area contributed by atoms with Crippen LogP contribution in [0.15, 0.2) is 36.4 Å². The number of rotatable bonds is 8. The van der Waals surface area contributed by atoms with Crippen molar-refractivity contribution in [3.63, 3.8) is 0 Å². The first kappa shape index (κ1) is 20.9. The molecule has 0 saturated heterocycles. The minimum absolute atomic E-state index is 0.140. The molecule has 0 N–H and O–H groups in total. The number of ether oxygens (including phenoxy) is 3. The first-order valence-corrected chi connectivity index (χ1v) is 9.91. The molecule has 1 aromatic heterocycles. The molecule has 0 saturated carbocycles. The zero-order valence-corrected chi connectivity index (χ0v) is 18.1. The van der Waals surface area contributed by atoms with Gasteiger partial charge in [-0.2, -0.15) is 0 Å². The molecule has 0 bridgehead atoms. The third kappa shape index (κ3) is 4.60. The second-order valence-electron chi connectivity index (χ2n) is 6.66. The summed E-state index contributed by atoms with van der Waals surface area (Å²) in [6, 6.07) is 10.9. The van der Waals surface area contributed by atoms with Crippen LogP contribution < -0.4 is 19.1 Å². The molecule has 0 radical (unpaired) electrons. The summed E-state index contributed by atoms with van der Waals surface area (Å²) in [6.45, 7) is 1.22. The molecular formula is C21H25N3O4S. The Labute approximate surface area is 174 Å². The van der Waals surface area contributed by atoms with E-state index in [9.17, 15) is 4.79 Å². The van der Waals surface area contributed by atoms with Crippen molar-refractivity contribution in [2.24, 2.45) is 0 Å². The summed E-state index contributed by atoms with van der Waals surface area (Å²) >= 11 is 1.47. The van der Waals surface area contributed by atoms with Crippen molar-refractivity contribution < 1.29 is 19.0 Å². The van der Waals surface area contributed by atoms with Gasteiger partial charge in [-0.3, -0.25) is 9.69 Å². The first-order valence-electron chi connectivity index (χ1n) is 9.10. The minimum atomic E-state index is -0.140. The standard InChI is InChI=1S/C21H25N3O4S/c1-23(2)10-11-24(20(25)14-6-9-17(27-4)18(12-14)28-5)21-22-16-8-7-15(26-3)13-19(16)29-21/h6-9,12-13H,10-11H2,1-5H3. The summed E-state index contributed by atoms with van der Waals surface area (Å²) in [5.41, 5.74) is 1.35. The van der Waals surface area contributed by atoms with Gasteiger partial charge in [-0.25, -0.2) is 4.98 Å². The van der Waals surface area contributed by atoms with Crippen molar-refractivity contribution in [2.75, 3.05) is 53.4 Å². The van der Waals surface area contributed by atoms with Crippen LogP contribution >= 0.6 is 11.3 Å². The van der Waals surface area contributed by atoms with Gasteiger partial charge in [-0.05, 0) is 50.5 Å². The zero-order chi connectivity index (χ0) is 21.0. The van der Waals surface area contributed by atoms with Crippen molar-refractivity contribution in [1.29, 1.82) is 0 Å². The van der Waals surface area contributed by atoms with E-state index in [1.54, 1.807) is 44.4 Å². The Balaban J connectivity index is 1.99. The summed E-state index contributed by atoms with van der Waals surface area (Å²) in [5.74, 6) is 1.72. The molecule has 154 valence electrons. The van der Waals surface area contributed by atoms with Crippen LogP contribution in [0.5, 0.6) is 17.2 Å². The number of hydrogen-bond acceptors (Lipinski definition) is 7. The van der Waals surface area contributed by atoms with Gasteiger partial charge >= 0.3 is 0 Å². The number of benzene rings is 2. The fourth-order valence-corrected chi connectivity index (χ4v) is 3.86. The van der Waals surface area contributed by atoms with Crippen molar-refractivity contribution in [3.05, 3.63) is 42.0 Å². The molecule has 0 fully saturated rings. The van der Waals surface area contributed by atoms with Crippen molar-refractivity contribution in [1.82, 2.24) is 9.88 Å². The molecule has 0 spiro atoms. The monoisotopic (exact) mass is 415 g/mol. The van der Waals surface area contributed by atoms with Crippen molar-refractivity contribution in [2.45, 2.75) is 0 Å². The second kappa shape index (κ2) is 9.11. The lowest BCUT2D eigenvalue weighted by Crippen LogP contribution is -2.36. The van der Waals surface area contributed by atoms with Crippen LogP contribution in [0.4, 0.5) is 5.13 Å². The summed E-state index contributed by atoms with van der Waals surface area (Å²) in [4.78, 5) is 21.8. The normalized spacial score (nSPS) is 11.0. The van der Waals surface area contributed by atoms with Crippen LogP contribution in [-0.4, -0.2) is 64.3 Å². The Bertz CT molecular complexity index is 1000. The number of fused-ring (bicyclic) bond motifs is 1.